The van der Waals surface area contributed by atoms with Crippen molar-refractivity contribution in [3.8, 4) is 22.8 Å². The van der Waals surface area contributed by atoms with Crippen molar-refractivity contribution in [1.29, 1.82) is 0 Å². The van der Waals surface area contributed by atoms with Crippen LogP contribution in [0.25, 0.3) is 22.3 Å². The lowest BCUT2D eigenvalue weighted by atomic mass is 10.2. The largest absolute Gasteiger partial charge is 0.497 e. The molecule has 0 aliphatic rings. The van der Waals surface area contributed by atoms with E-state index in [-0.39, 0.29) is 0 Å². The van der Waals surface area contributed by atoms with Crippen molar-refractivity contribution in [2.75, 3.05) is 38.9 Å². The Labute approximate surface area is 187 Å². The summed E-state index contributed by atoms with van der Waals surface area (Å²) in [5.41, 5.74) is 5.26. The van der Waals surface area contributed by atoms with Gasteiger partial charge in [0.05, 0.1) is 49.9 Å². The van der Waals surface area contributed by atoms with Crippen LogP contribution in [-0.4, -0.2) is 53.7 Å². The molecule has 0 N–H and O–H groups in total. The molecular weight excluding hydrogens is 406 g/mol. The quantitative estimate of drug-likeness (QED) is 0.366. The van der Waals surface area contributed by atoms with Gasteiger partial charge >= 0.3 is 0 Å². The monoisotopic (exact) mass is 433 g/mol. The molecule has 0 aliphatic heterocycles. The van der Waals surface area contributed by atoms with Crippen LogP contribution >= 0.6 is 0 Å². The Hall–Kier alpha value is -3.65. The molecule has 0 spiro atoms. The number of nitrogens with zero attached hydrogens (tertiary/aromatic N) is 5. The molecule has 32 heavy (non-hydrogen) atoms. The van der Waals surface area contributed by atoms with Gasteiger partial charge < -0.3 is 19.1 Å². The molecule has 0 aliphatic carbocycles. The Morgan fingerprint density at radius 3 is 2.38 bits per heavy atom. The number of benzene rings is 2. The molecule has 0 atom stereocenters. The topological polar surface area (TPSA) is 74.5 Å². The van der Waals surface area contributed by atoms with Crippen LogP contribution in [0.2, 0.25) is 0 Å². The number of methoxy groups -OCH3 is 2. The minimum atomic E-state index is 0.579. The lowest BCUT2D eigenvalue weighted by Crippen LogP contribution is -2.22. The second-order valence-corrected chi connectivity index (χ2v) is 7.25. The van der Waals surface area contributed by atoms with Crippen LogP contribution < -0.4 is 14.4 Å². The highest BCUT2D eigenvalue weighted by Crippen LogP contribution is 2.34. The SMILES string of the molecule is CCOCCN(c1cc(OC)cc(OC)c1)c1ccc2ncc(-c3cnn(C)c3)nc2c1. The second-order valence-electron chi connectivity index (χ2n) is 7.25. The third-order valence-electron chi connectivity index (χ3n) is 5.15. The van der Waals surface area contributed by atoms with E-state index >= 15 is 0 Å². The van der Waals surface area contributed by atoms with E-state index in [4.69, 9.17) is 19.2 Å². The smallest absolute Gasteiger partial charge is 0.124 e. The van der Waals surface area contributed by atoms with Crippen LogP contribution in [0.15, 0.2) is 55.0 Å². The molecule has 0 radical (unpaired) electrons. The number of rotatable bonds is 9. The maximum atomic E-state index is 5.65. The van der Waals surface area contributed by atoms with E-state index in [2.05, 4.69) is 15.0 Å². The van der Waals surface area contributed by atoms with Crippen LogP contribution in [-0.2, 0) is 11.8 Å². The summed E-state index contributed by atoms with van der Waals surface area (Å²) in [6.07, 6.45) is 5.49. The zero-order valence-corrected chi connectivity index (χ0v) is 18.8. The molecule has 0 bridgehead atoms. The summed E-state index contributed by atoms with van der Waals surface area (Å²) in [5.74, 6) is 1.44. The van der Waals surface area contributed by atoms with Crippen molar-refractivity contribution >= 4 is 22.4 Å². The molecule has 2 aromatic heterocycles. The van der Waals surface area contributed by atoms with Crippen LogP contribution in [0, 0.1) is 0 Å². The minimum absolute atomic E-state index is 0.579. The Kier molecular flexibility index (Phi) is 6.51. The lowest BCUT2D eigenvalue weighted by Gasteiger charge is -2.26. The van der Waals surface area contributed by atoms with Gasteiger partial charge in [-0.05, 0) is 25.1 Å². The molecular formula is C24H27N5O3. The predicted octanol–water partition coefficient (Wildman–Crippen LogP) is 4.22. The number of aromatic nitrogens is 4. The van der Waals surface area contributed by atoms with E-state index in [0.29, 0.717) is 19.8 Å². The van der Waals surface area contributed by atoms with Gasteiger partial charge in [0.1, 0.15) is 11.5 Å². The van der Waals surface area contributed by atoms with Gasteiger partial charge in [-0.1, -0.05) is 0 Å². The molecule has 0 saturated heterocycles. The molecule has 8 nitrogen and oxygen atoms in total. The summed E-state index contributed by atoms with van der Waals surface area (Å²) in [6.45, 7) is 3.89. The summed E-state index contributed by atoms with van der Waals surface area (Å²) in [6, 6.07) is 11.9. The fourth-order valence-corrected chi connectivity index (χ4v) is 3.52. The average molecular weight is 434 g/mol. The zero-order valence-electron chi connectivity index (χ0n) is 18.8. The number of aryl methyl sites for hydroxylation is 1. The number of fused-ring (bicyclic) bond motifs is 1. The first-order valence-electron chi connectivity index (χ1n) is 10.5. The Balaban J connectivity index is 1.77. The van der Waals surface area contributed by atoms with Crippen molar-refractivity contribution in [3.63, 3.8) is 0 Å². The molecule has 2 aromatic carbocycles. The number of hydrogen-bond acceptors (Lipinski definition) is 7. The molecule has 4 rings (SSSR count). The van der Waals surface area contributed by atoms with E-state index in [1.54, 1.807) is 31.3 Å². The molecule has 8 heteroatoms. The van der Waals surface area contributed by atoms with Crippen LogP contribution in [0.1, 0.15) is 6.92 Å². The first kappa shape index (κ1) is 21.6. The van der Waals surface area contributed by atoms with Gasteiger partial charge in [-0.25, -0.2) is 4.98 Å². The molecule has 2 heterocycles. The van der Waals surface area contributed by atoms with E-state index < -0.39 is 0 Å². The third kappa shape index (κ3) is 4.65. The fourth-order valence-electron chi connectivity index (χ4n) is 3.52. The lowest BCUT2D eigenvalue weighted by molar-refractivity contribution is 0.155. The normalized spacial score (nSPS) is 11.0. The average Bonchev–Trinajstić information content (AvgIpc) is 3.27. The van der Waals surface area contributed by atoms with Crippen molar-refractivity contribution in [2.45, 2.75) is 6.92 Å². The molecule has 0 fully saturated rings. The molecule has 166 valence electrons. The highest BCUT2D eigenvalue weighted by Gasteiger charge is 2.14. The van der Waals surface area contributed by atoms with Crippen molar-refractivity contribution in [1.82, 2.24) is 19.7 Å². The predicted molar refractivity (Wildman–Crippen MR) is 125 cm³/mol. The maximum Gasteiger partial charge on any atom is 0.124 e. The van der Waals surface area contributed by atoms with Gasteiger partial charge in [-0.15, -0.1) is 0 Å². The first-order valence-corrected chi connectivity index (χ1v) is 10.5. The summed E-state index contributed by atoms with van der Waals surface area (Å²) in [4.78, 5) is 11.6. The third-order valence-corrected chi connectivity index (χ3v) is 5.15. The van der Waals surface area contributed by atoms with Crippen molar-refractivity contribution in [2.24, 2.45) is 7.05 Å². The van der Waals surface area contributed by atoms with Gasteiger partial charge in [0, 0.05) is 61.5 Å². The molecule has 0 saturated carbocycles. The van der Waals surface area contributed by atoms with Gasteiger partial charge in [0.25, 0.3) is 0 Å². The Bertz CT molecular complexity index is 1190. The number of anilines is 2. The second kappa shape index (κ2) is 9.65. The van der Waals surface area contributed by atoms with Gasteiger partial charge in [-0.2, -0.15) is 5.10 Å². The van der Waals surface area contributed by atoms with E-state index in [0.717, 1.165) is 45.2 Å². The Morgan fingerprint density at radius 2 is 1.72 bits per heavy atom. The van der Waals surface area contributed by atoms with Crippen LogP contribution in [0.5, 0.6) is 11.5 Å². The number of hydrogen-bond donors (Lipinski definition) is 0. The van der Waals surface area contributed by atoms with Gasteiger partial charge in [0.2, 0.25) is 0 Å². The van der Waals surface area contributed by atoms with Crippen LogP contribution in [0.4, 0.5) is 11.4 Å². The minimum Gasteiger partial charge on any atom is -0.497 e. The summed E-state index contributed by atoms with van der Waals surface area (Å²) in [5, 5.41) is 4.24. The highest BCUT2D eigenvalue weighted by atomic mass is 16.5. The summed E-state index contributed by atoms with van der Waals surface area (Å²) < 4.78 is 18.4. The number of ether oxygens (including phenoxy) is 3. The van der Waals surface area contributed by atoms with E-state index in [1.165, 1.54) is 0 Å². The first-order chi connectivity index (χ1) is 15.6. The molecule has 0 unspecified atom stereocenters. The fraction of sp³-hybridized carbons (Fsp3) is 0.292. The zero-order chi connectivity index (χ0) is 22.5. The van der Waals surface area contributed by atoms with Crippen molar-refractivity contribution in [3.05, 3.63) is 55.0 Å². The Morgan fingerprint density at radius 1 is 0.938 bits per heavy atom. The van der Waals surface area contributed by atoms with Crippen LogP contribution in [0.3, 0.4) is 0 Å². The summed E-state index contributed by atoms with van der Waals surface area (Å²) >= 11 is 0. The maximum absolute atomic E-state index is 5.65. The van der Waals surface area contributed by atoms with Gasteiger partial charge in [0.15, 0.2) is 0 Å². The highest BCUT2D eigenvalue weighted by molar-refractivity contribution is 5.82. The van der Waals surface area contributed by atoms with E-state index in [9.17, 15) is 0 Å². The van der Waals surface area contributed by atoms with Gasteiger partial charge in [-0.3, -0.25) is 9.67 Å². The van der Waals surface area contributed by atoms with Crippen molar-refractivity contribution < 1.29 is 14.2 Å². The summed E-state index contributed by atoms with van der Waals surface area (Å²) in [7, 11) is 5.18. The standard InChI is InChI=1S/C24H27N5O3/c1-5-32-9-8-29(19-10-20(30-3)13-21(11-19)31-4)18-6-7-22-23(12-18)27-24(15-25-22)17-14-26-28(2)16-17/h6-7,10-16H,5,8-9H2,1-4H3. The van der Waals surface area contributed by atoms with E-state index in [1.807, 2.05) is 56.6 Å². The molecule has 4 aromatic rings. The molecule has 0 amide bonds.